The van der Waals surface area contributed by atoms with Crippen molar-refractivity contribution in [2.75, 3.05) is 13.1 Å². The largest absolute Gasteiger partial charge is 0.494 e. The van der Waals surface area contributed by atoms with Gasteiger partial charge in [0, 0.05) is 6.42 Å². The monoisotopic (exact) mass is 231 g/mol. The van der Waals surface area contributed by atoms with Gasteiger partial charge >= 0.3 is 0 Å². The van der Waals surface area contributed by atoms with E-state index in [-0.39, 0.29) is 5.88 Å². The molecule has 1 aliphatic heterocycles. The third-order valence-corrected chi connectivity index (χ3v) is 3.47. The minimum absolute atomic E-state index is 0.277. The number of aromatic nitrogens is 2. The van der Waals surface area contributed by atoms with Gasteiger partial charge in [-0.2, -0.15) is 0 Å². The van der Waals surface area contributed by atoms with Gasteiger partial charge in [0.1, 0.15) is 5.82 Å². The van der Waals surface area contributed by atoms with E-state index in [1.807, 2.05) is 22.7 Å². The van der Waals surface area contributed by atoms with Crippen LogP contribution in [0.15, 0.2) is 24.4 Å². The van der Waals surface area contributed by atoms with Gasteiger partial charge in [-0.1, -0.05) is 6.07 Å². The average molecular weight is 231 g/mol. The molecule has 17 heavy (non-hydrogen) atoms. The van der Waals surface area contributed by atoms with Gasteiger partial charge in [0.25, 0.3) is 0 Å². The first-order valence-corrected chi connectivity index (χ1v) is 6.19. The van der Waals surface area contributed by atoms with Crippen LogP contribution in [0.2, 0.25) is 0 Å². The molecule has 3 heterocycles. The fraction of sp³-hybridized carbons (Fsp3) is 0.462. The van der Waals surface area contributed by atoms with E-state index in [1.165, 1.54) is 12.8 Å². The summed E-state index contributed by atoms with van der Waals surface area (Å²) in [6, 6.07) is 5.52. The summed E-state index contributed by atoms with van der Waals surface area (Å²) in [5.74, 6) is 1.87. The molecule has 0 radical (unpaired) electrons. The van der Waals surface area contributed by atoms with Crippen molar-refractivity contribution in [2.45, 2.75) is 19.3 Å². The van der Waals surface area contributed by atoms with Crippen LogP contribution in [0.25, 0.3) is 5.52 Å². The van der Waals surface area contributed by atoms with E-state index in [1.54, 1.807) is 6.07 Å². The molecule has 1 atom stereocenters. The third kappa shape index (κ3) is 2.00. The molecule has 2 aromatic heterocycles. The molecule has 2 aromatic rings. The minimum atomic E-state index is 0.277. The summed E-state index contributed by atoms with van der Waals surface area (Å²) < 4.78 is 1.84. The van der Waals surface area contributed by atoms with E-state index in [0.717, 1.165) is 30.9 Å². The summed E-state index contributed by atoms with van der Waals surface area (Å²) in [7, 11) is 0. The molecule has 4 nitrogen and oxygen atoms in total. The lowest BCUT2D eigenvalue weighted by Gasteiger charge is -2.22. The Morgan fingerprint density at radius 2 is 2.41 bits per heavy atom. The lowest BCUT2D eigenvalue weighted by molar-refractivity contribution is 0.367. The van der Waals surface area contributed by atoms with Crippen molar-refractivity contribution in [3.63, 3.8) is 0 Å². The Morgan fingerprint density at radius 3 is 3.24 bits per heavy atom. The molecule has 3 rings (SSSR count). The van der Waals surface area contributed by atoms with Crippen molar-refractivity contribution in [3.05, 3.63) is 30.2 Å². The lowest BCUT2D eigenvalue weighted by atomic mass is 9.96. The Balaban J connectivity index is 1.89. The van der Waals surface area contributed by atoms with Crippen molar-refractivity contribution in [1.29, 1.82) is 0 Å². The molecule has 0 aliphatic carbocycles. The maximum absolute atomic E-state index is 9.88. The normalized spacial score (nSPS) is 20.8. The van der Waals surface area contributed by atoms with Crippen LogP contribution in [0, 0.1) is 5.92 Å². The predicted octanol–water partition coefficient (Wildman–Crippen LogP) is 1.58. The Morgan fingerprint density at radius 1 is 1.47 bits per heavy atom. The van der Waals surface area contributed by atoms with E-state index in [2.05, 4.69) is 10.3 Å². The standard InChI is InChI=1S/C13H17N3O/c17-13-5-1-4-11-9-15-12(16(11)13)7-10-3-2-6-14-8-10/h1,4-5,9-10,14,17H,2-3,6-8H2. The molecule has 90 valence electrons. The number of imidazole rings is 1. The highest BCUT2D eigenvalue weighted by atomic mass is 16.3. The first-order valence-electron chi connectivity index (χ1n) is 6.19. The van der Waals surface area contributed by atoms with Crippen LogP contribution in [-0.2, 0) is 6.42 Å². The van der Waals surface area contributed by atoms with Crippen molar-refractivity contribution < 1.29 is 5.11 Å². The molecule has 0 aromatic carbocycles. The van der Waals surface area contributed by atoms with E-state index in [9.17, 15) is 5.11 Å². The maximum Gasteiger partial charge on any atom is 0.197 e. The van der Waals surface area contributed by atoms with Crippen LogP contribution in [-0.4, -0.2) is 27.6 Å². The van der Waals surface area contributed by atoms with Gasteiger partial charge < -0.3 is 10.4 Å². The van der Waals surface area contributed by atoms with Crippen molar-refractivity contribution >= 4 is 5.52 Å². The van der Waals surface area contributed by atoms with Gasteiger partial charge in [0.2, 0.25) is 0 Å². The van der Waals surface area contributed by atoms with Crippen LogP contribution in [0.5, 0.6) is 5.88 Å². The number of piperidine rings is 1. The van der Waals surface area contributed by atoms with E-state index in [0.29, 0.717) is 5.92 Å². The summed E-state index contributed by atoms with van der Waals surface area (Å²) >= 11 is 0. The van der Waals surface area contributed by atoms with Gasteiger partial charge in [-0.15, -0.1) is 0 Å². The van der Waals surface area contributed by atoms with Crippen LogP contribution >= 0.6 is 0 Å². The Kier molecular flexibility index (Phi) is 2.73. The summed E-state index contributed by atoms with van der Waals surface area (Å²) in [5, 5.41) is 13.3. The molecule has 1 fully saturated rings. The highest BCUT2D eigenvalue weighted by Gasteiger charge is 2.16. The molecule has 2 N–H and O–H groups in total. The molecule has 0 bridgehead atoms. The number of nitrogens with zero attached hydrogens (tertiary/aromatic N) is 2. The van der Waals surface area contributed by atoms with Crippen LogP contribution < -0.4 is 5.32 Å². The molecule has 1 unspecified atom stereocenters. The van der Waals surface area contributed by atoms with E-state index in [4.69, 9.17) is 0 Å². The number of hydrogen-bond acceptors (Lipinski definition) is 3. The Labute approximate surface area is 100 Å². The molecule has 0 spiro atoms. The lowest BCUT2D eigenvalue weighted by Crippen LogP contribution is -2.31. The molecule has 0 saturated carbocycles. The second-order valence-electron chi connectivity index (χ2n) is 4.74. The van der Waals surface area contributed by atoms with Gasteiger partial charge in [-0.25, -0.2) is 4.98 Å². The number of aromatic hydroxyl groups is 1. The number of nitrogens with one attached hydrogen (secondary N) is 1. The van der Waals surface area contributed by atoms with Gasteiger partial charge in [0.05, 0.1) is 11.7 Å². The fourth-order valence-corrected chi connectivity index (χ4v) is 2.59. The first-order chi connectivity index (χ1) is 8.34. The molecular formula is C13H17N3O. The third-order valence-electron chi connectivity index (χ3n) is 3.47. The van der Waals surface area contributed by atoms with Crippen LogP contribution in [0.3, 0.4) is 0 Å². The van der Waals surface area contributed by atoms with Crippen molar-refractivity contribution in [1.82, 2.24) is 14.7 Å². The quantitative estimate of drug-likeness (QED) is 0.825. The Bertz CT molecular complexity index is 514. The smallest absolute Gasteiger partial charge is 0.197 e. The second kappa shape index (κ2) is 4.37. The number of pyridine rings is 1. The zero-order valence-electron chi connectivity index (χ0n) is 9.76. The molecule has 1 saturated heterocycles. The summed E-state index contributed by atoms with van der Waals surface area (Å²) in [6.45, 7) is 2.19. The molecule has 4 heteroatoms. The Hall–Kier alpha value is -1.55. The molecular weight excluding hydrogens is 214 g/mol. The highest BCUT2D eigenvalue weighted by Crippen LogP contribution is 2.20. The molecule has 0 amide bonds. The SMILES string of the molecule is Oc1cccc2cnc(CC3CCCNC3)n12. The first kappa shape index (κ1) is 10.6. The van der Waals surface area contributed by atoms with Gasteiger partial charge in [-0.3, -0.25) is 4.40 Å². The van der Waals surface area contributed by atoms with Crippen LogP contribution in [0.4, 0.5) is 0 Å². The summed E-state index contributed by atoms with van der Waals surface area (Å²) in [5.41, 5.74) is 0.962. The highest BCUT2D eigenvalue weighted by molar-refractivity contribution is 5.48. The van der Waals surface area contributed by atoms with Crippen molar-refractivity contribution in [2.24, 2.45) is 5.92 Å². The zero-order chi connectivity index (χ0) is 11.7. The summed E-state index contributed by atoms with van der Waals surface area (Å²) in [6.07, 6.45) is 5.24. The average Bonchev–Trinajstić information content (AvgIpc) is 2.75. The zero-order valence-corrected chi connectivity index (χ0v) is 9.76. The van der Waals surface area contributed by atoms with Crippen LogP contribution in [0.1, 0.15) is 18.7 Å². The fourth-order valence-electron chi connectivity index (χ4n) is 2.59. The van der Waals surface area contributed by atoms with Crippen molar-refractivity contribution in [3.8, 4) is 5.88 Å². The van der Waals surface area contributed by atoms with Gasteiger partial charge in [0.15, 0.2) is 5.88 Å². The predicted molar refractivity (Wildman–Crippen MR) is 66.2 cm³/mol. The minimum Gasteiger partial charge on any atom is -0.494 e. The van der Waals surface area contributed by atoms with E-state index >= 15 is 0 Å². The number of hydrogen-bond donors (Lipinski definition) is 2. The second-order valence-corrected chi connectivity index (χ2v) is 4.74. The molecule has 1 aliphatic rings. The van der Waals surface area contributed by atoms with Gasteiger partial charge in [-0.05, 0) is 44.0 Å². The number of rotatable bonds is 2. The topological polar surface area (TPSA) is 49.6 Å². The maximum atomic E-state index is 9.88. The summed E-state index contributed by atoms with van der Waals surface area (Å²) in [4.78, 5) is 4.43. The van der Waals surface area contributed by atoms with E-state index < -0.39 is 0 Å². The number of fused-ring (bicyclic) bond motifs is 1.